The molecule has 0 atom stereocenters. The van der Waals surface area contributed by atoms with Crippen LogP contribution in [0.4, 0.5) is 5.13 Å². The van der Waals surface area contributed by atoms with E-state index in [-0.39, 0.29) is 18.3 Å². The highest BCUT2D eigenvalue weighted by Crippen LogP contribution is 2.40. The minimum Gasteiger partial charge on any atom is -0.495 e. The van der Waals surface area contributed by atoms with E-state index in [9.17, 15) is 4.79 Å². The molecule has 0 radical (unpaired) electrons. The Hall–Kier alpha value is -3.76. The number of rotatable bonds is 11. The summed E-state index contributed by atoms with van der Waals surface area (Å²) in [4.78, 5) is 24.0. The summed E-state index contributed by atoms with van der Waals surface area (Å²) in [5, 5.41) is 0.570. The van der Waals surface area contributed by atoms with Crippen molar-refractivity contribution in [2.75, 3.05) is 39.9 Å². The van der Waals surface area contributed by atoms with Crippen molar-refractivity contribution >= 4 is 51.1 Å². The zero-order valence-corrected chi connectivity index (χ0v) is 22.7. The van der Waals surface area contributed by atoms with Crippen LogP contribution in [0, 0.1) is 0 Å². The number of nitrogens with zero attached hydrogens (tertiary/aromatic N) is 4. The molecule has 0 unspecified atom stereocenters. The van der Waals surface area contributed by atoms with Crippen LogP contribution in [0.5, 0.6) is 23.0 Å². The fraction of sp³-hybridized carbons (Fsp3) is 0.269. The number of anilines is 1. The van der Waals surface area contributed by atoms with E-state index < -0.39 is 0 Å². The third kappa shape index (κ3) is 6.33. The summed E-state index contributed by atoms with van der Waals surface area (Å²) in [5.74, 6) is 2.34. The number of aromatic nitrogens is 3. The van der Waals surface area contributed by atoms with Gasteiger partial charge in [0.25, 0.3) is 5.91 Å². The minimum atomic E-state index is -0.188. The van der Waals surface area contributed by atoms with Gasteiger partial charge in [-0.1, -0.05) is 17.4 Å². The van der Waals surface area contributed by atoms with Gasteiger partial charge in [-0.25, -0.2) is 9.97 Å². The SMILES string of the molecule is COc1ccc(/C=C/C(=O)N(CCCn2ccnc2)c2nc3c(OC)ccc(OC)c3s2)cc1OC.Cl. The third-order valence-corrected chi connectivity index (χ3v) is 6.67. The first-order valence-electron chi connectivity index (χ1n) is 11.3. The van der Waals surface area contributed by atoms with Gasteiger partial charge in [-0.3, -0.25) is 9.69 Å². The molecule has 37 heavy (non-hydrogen) atoms. The van der Waals surface area contributed by atoms with Crippen molar-refractivity contribution in [1.29, 1.82) is 0 Å². The number of ether oxygens (including phenoxy) is 4. The van der Waals surface area contributed by atoms with Crippen LogP contribution in [-0.4, -0.2) is 55.4 Å². The Balaban J connectivity index is 0.00000380. The molecule has 0 aliphatic carbocycles. The second kappa shape index (κ2) is 13.0. The van der Waals surface area contributed by atoms with E-state index >= 15 is 0 Å². The molecule has 2 aromatic heterocycles. The lowest BCUT2D eigenvalue weighted by molar-refractivity contribution is -0.114. The van der Waals surface area contributed by atoms with Gasteiger partial charge in [-0.2, -0.15) is 0 Å². The Morgan fingerprint density at radius 3 is 2.38 bits per heavy atom. The van der Waals surface area contributed by atoms with Crippen LogP contribution in [0.2, 0.25) is 0 Å². The Morgan fingerprint density at radius 1 is 1.00 bits per heavy atom. The van der Waals surface area contributed by atoms with Crippen LogP contribution in [0.15, 0.2) is 55.1 Å². The van der Waals surface area contributed by atoms with Gasteiger partial charge in [0.2, 0.25) is 0 Å². The molecule has 2 heterocycles. The predicted molar refractivity (Wildman–Crippen MR) is 148 cm³/mol. The molecule has 0 N–H and O–H groups in total. The van der Waals surface area contributed by atoms with Gasteiger partial charge in [0.15, 0.2) is 16.6 Å². The normalized spacial score (nSPS) is 10.8. The van der Waals surface area contributed by atoms with E-state index in [2.05, 4.69) is 4.98 Å². The van der Waals surface area contributed by atoms with Crippen molar-refractivity contribution in [2.45, 2.75) is 13.0 Å². The first-order chi connectivity index (χ1) is 17.6. The molecule has 196 valence electrons. The number of aryl methyl sites for hydroxylation is 1. The van der Waals surface area contributed by atoms with Gasteiger partial charge in [-0.15, -0.1) is 12.4 Å². The summed E-state index contributed by atoms with van der Waals surface area (Å²) in [6.07, 6.45) is 9.41. The third-order valence-electron chi connectivity index (χ3n) is 5.58. The number of carbonyl (C=O) groups is 1. The fourth-order valence-corrected chi connectivity index (χ4v) is 4.84. The Labute approximate surface area is 225 Å². The summed E-state index contributed by atoms with van der Waals surface area (Å²) < 4.78 is 24.5. The maximum absolute atomic E-state index is 13.4. The summed E-state index contributed by atoms with van der Waals surface area (Å²) >= 11 is 1.39. The van der Waals surface area contributed by atoms with Crippen molar-refractivity contribution < 1.29 is 23.7 Å². The van der Waals surface area contributed by atoms with Crippen molar-refractivity contribution in [1.82, 2.24) is 14.5 Å². The quantitative estimate of drug-likeness (QED) is 0.243. The molecule has 4 aromatic rings. The van der Waals surface area contributed by atoms with Gasteiger partial charge in [-0.05, 0) is 42.3 Å². The van der Waals surface area contributed by atoms with Crippen LogP contribution < -0.4 is 23.8 Å². The second-order valence-corrected chi connectivity index (χ2v) is 8.71. The number of hydrogen-bond acceptors (Lipinski definition) is 8. The minimum absolute atomic E-state index is 0. The van der Waals surface area contributed by atoms with E-state index in [1.165, 1.54) is 11.3 Å². The van der Waals surface area contributed by atoms with Crippen LogP contribution in [0.25, 0.3) is 16.3 Å². The summed E-state index contributed by atoms with van der Waals surface area (Å²) in [7, 11) is 6.37. The highest BCUT2D eigenvalue weighted by Gasteiger charge is 2.21. The van der Waals surface area contributed by atoms with E-state index in [0.29, 0.717) is 40.2 Å². The Kier molecular flexibility index (Phi) is 9.76. The molecule has 0 bridgehead atoms. The van der Waals surface area contributed by atoms with Crippen LogP contribution in [0.1, 0.15) is 12.0 Å². The van der Waals surface area contributed by atoms with Crippen LogP contribution in [-0.2, 0) is 11.3 Å². The number of thiazole rings is 1. The lowest BCUT2D eigenvalue weighted by Gasteiger charge is -2.18. The Bertz CT molecular complexity index is 1320. The van der Waals surface area contributed by atoms with Gasteiger partial charge < -0.3 is 23.5 Å². The standard InChI is InChI=1S/C26H28N4O5S.ClH/c1-32-19-8-6-18(16-22(19)35-4)7-11-23(31)30(14-5-13-29-15-12-27-17-29)26-28-24-20(33-2)9-10-21(34-3)25(24)36-26;/h6-12,15-17H,5,13-14H2,1-4H3;1H/b11-7+;. The van der Waals surface area contributed by atoms with Gasteiger partial charge >= 0.3 is 0 Å². The lowest BCUT2D eigenvalue weighted by atomic mass is 10.2. The zero-order valence-electron chi connectivity index (χ0n) is 21.0. The van der Waals surface area contributed by atoms with Crippen molar-refractivity contribution in [3.05, 3.63) is 60.7 Å². The molecule has 0 saturated heterocycles. The average Bonchev–Trinajstić information content (AvgIpc) is 3.59. The molecule has 0 fully saturated rings. The molecule has 11 heteroatoms. The number of halogens is 1. The molecule has 4 rings (SSSR count). The van der Waals surface area contributed by atoms with E-state index in [0.717, 1.165) is 23.2 Å². The highest BCUT2D eigenvalue weighted by atomic mass is 35.5. The van der Waals surface area contributed by atoms with Gasteiger partial charge in [0.1, 0.15) is 21.7 Å². The predicted octanol–water partition coefficient (Wildman–Crippen LogP) is 5.09. The molecule has 0 saturated carbocycles. The Morgan fingerprint density at radius 2 is 1.70 bits per heavy atom. The molecule has 9 nitrogen and oxygen atoms in total. The molecule has 0 aliphatic heterocycles. The topological polar surface area (TPSA) is 87.9 Å². The number of amides is 1. The number of imidazole rings is 1. The number of carbonyl (C=O) groups excluding carboxylic acids is 1. The summed E-state index contributed by atoms with van der Waals surface area (Å²) in [6, 6.07) is 9.14. The van der Waals surface area contributed by atoms with E-state index in [1.807, 2.05) is 35.0 Å². The number of benzene rings is 2. The number of fused-ring (bicyclic) bond motifs is 1. The molecule has 0 spiro atoms. The first-order valence-corrected chi connectivity index (χ1v) is 12.1. The molecule has 0 aliphatic rings. The maximum Gasteiger partial charge on any atom is 0.252 e. The first kappa shape index (κ1) is 27.8. The second-order valence-electron chi connectivity index (χ2n) is 7.74. The fourth-order valence-electron chi connectivity index (χ4n) is 3.73. The summed E-state index contributed by atoms with van der Waals surface area (Å²) in [5.41, 5.74) is 1.47. The van der Waals surface area contributed by atoms with Crippen molar-refractivity contribution in [3.63, 3.8) is 0 Å². The monoisotopic (exact) mass is 544 g/mol. The van der Waals surface area contributed by atoms with Crippen molar-refractivity contribution in [3.8, 4) is 23.0 Å². The summed E-state index contributed by atoms with van der Waals surface area (Å²) in [6.45, 7) is 1.19. The van der Waals surface area contributed by atoms with E-state index in [4.69, 9.17) is 23.9 Å². The molecular formula is C26H29ClN4O5S. The van der Waals surface area contributed by atoms with Gasteiger partial charge in [0, 0.05) is 31.6 Å². The van der Waals surface area contributed by atoms with Crippen molar-refractivity contribution in [2.24, 2.45) is 0 Å². The maximum atomic E-state index is 13.4. The average molecular weight is 545 g/mol. The smallest absolute Gasteiger partial charge is 0.252 e. The molecule has 1 amide bonds. The zero-order chi connectivity index (χ0) is 25.5. The number of methoxy groups -OCH3 is 4. The largest absolute Gasteiger partial charge is 0.495 e. The highest BCUT2D eigenvalue weighted by molar-refractivity contribution is 7.22. The molecule has 2 aromatic carbocycles. The van der Waals surface area contributed by atoms with Crippen LogP contribution >= 0.6 is 23.7 Å². The lowest BCUT2D eigenvalue weighted by Crippen LogP contribution is -2.30. The van der Waals surface area contributed by atoms with Gasteiger partial charge in [0.05, 0.1) is 34.8 Å². The van der Waals surface area contributed by atoms with E-state index in [1.54, 1.807) is 64.1 Å². The van der Waals surface area contributed by atoms with Crippen LogP contribution in [0.3, 0.4) is 0 Å². The molecular weight excluding hydrogens is 516 g/mol. The number of hydrogen-bond donors (Lipinski definition) is 0.